The number of nitrogens with zero attached hydrogens (tertiary/aromatic N) is 5. The molecule has 2 aromatic heterocycles. The number of hydrogen-bond donors (Lipinski definition) is 5. The maximum atomic E-state index is 9.40. The molecule has 34 heteroatoms. The molecule has 5 N–H and O–H groups in total. The maximum Gasteiger partial charge on any atom is 1.00 e. The predicted octanol–water partition coefficient (Wildman–Crippen LogP) is -0.494. The van der Waals surface area contributed by atoms with Gasteiger partial charge in [-0.25, -0.2) is 8.42 Å². The van der Waals surface area contributed by atoms with Crippen LogP contribution in [0.25, 0.3) is 0 Å². The molecule has 8 rings (SSSR count). The summed E-state index contributed by atoms with van der Waals surface area (Å²) in [5.41, 5.74) is -3.65. The zero-order valence-electron chi connectivity index (χ0n) is 54.1. The number of ether oxygens (including phenoxy) is 4. The minimum Gasteiger partial charge on any atom is -1.00 e. The van der Waals surface area contributed by atoms with Gasteiger partial charge in [0, 0.05) is 238 Å². The quantitative estimate of drug-likeness (QED) is 0.0802. The summed E-state index contributed by atoms with van der Waals surface area (Å²) in [7, 11) is 8.98. The molecule has 0 aromatic carbocycles. The van der Waals surface area contributed by atoms with Gasteiger partial charge in [-0.15, -0.1) is 0 Å². The molecule has 6 aliphatic heterocycles. The van der Waals surface area contributed by atoms with Crippen LogP contribution in [0, 0.1) is 130 Å². The molecule has 472 valence electrons. The summed E-state index contributed by atoms with van der Waals surface area (Å²) in [6.07, 6.45) is 20.8. The van der Waals surface area contributed by atoms with Crippen molar-refractivity contribution in [3.8, 4) is 0 Å². The van der Waals surface area contributed by atoms with E-state index in [0.29, 0.717) is 12.1 Å². The van der Waals surface area contributed by atoms with Crippen LogP contribution in [0.4, 0.5) is 0 Å². The van der Waals surface area contributed by atoms with Gasteiger partial charge >= 0.3 is 110 Å². The summed E-state index contributed by atoms with van der Waals surface area (Å²) in [6, 6.07) is 0.963. The van der Waals surface area contributed by atoms with Crippen molar-refractivity contribution in [1.29, 1.82) is 0 Å². The van der Waals surface area contributed by atoms with Gasteiger partial charge < -0.3 is 65.4 Å². The van der Waals surface area contributed by atoms with Gasteiger partial charge in [0.05, 0.1) is 75.3 Å². The van der Waals surface area contributed by atoms with E-state index in [2.05, 4.69) is 119 Å². The maximum absolute atomic E-state index is 9.40. The third-order valence-corrected chi connectivity index (χ3v) is 14.1. The second-order valence-corrected chi connectivity index (χ2v) is 26.9. The molecular formula is C51H93B3Br2ClK2N5O16SU4. The Labute approximate surface area is 714 Å². The zero-order chi connectivity index (χ0) is 61.3. The molecule has 0 bridgehead atoms. The van der Waals surface area contributed by atoms with Crippen molar-refractivity contribution in [2.24, 2.45) is 10.9 Å². The van der Waals surface area contributed by atoms with Crippen LogP contribution >= 0.6 is 42.5 Å². The third-order valence-electron chi connectivity index (χ3n) is 13.2. The van der Waals surface area contributed by atoms with Crippen molar-refractivity contribution in [2.75, 3.05) is 65.7 Å². The molecule has 6 aliphatic rings. The first-order valence-electron chi connectivity index (χ1n) is 26.1. The van der Waals surface area contributed by atoms with E-state index in [1.807, 2.05) is 34.0 Å². The van der Waals surface area contributed by atoms with Crippen molar-refractivity contribution < 1.29 is 306 Å². The number of hydrogen-bond acceptors (Lipinski definition) is 19. The van der Waals surface area contributed by atoms with Gasteiger partial charge in [-0.3, -0.25) is 19.2 Å². The van der Waals surface area contributed by atoms with Gasteiger partial charge in [0.1, 0.15) is 0 Å². The van der Waals surface area contributed by atoms with Crippen molar-refractivity contribution in [3.05, 3.63) is 39.8 Å². The number of aliphatic imine (C=N–C) groups is 1. The van der Waals surface area contributed by atoms with Gasteiger partial charge in [0.25, 0.3) is 6.47 Å². The summed E-state index contributed by atoms with van der Waals surface area (Å²) < 4.78 is 57.9. The minimum atomic E-state index is -3.19. The number of aliphatic hydroxyl groups is 5. The fourth-order valence-electron chi connectivity index (χ4n) is 5.90. The number of aliphatic hydroxyl groups excluding tert-OH is 1. The van der Waals surface area contributed by atoms with E-state index >= 15 is 0 Å². The molecule has 8 heterocycles. The summed E-state index contributed by atoms with van der Waals surface area (Å²) in [5, 5.41) is 62.4. The molecular weight excluding hydrogens is 2230 g/mol. The molecule has 85 heavy (non-hydrogen) atoms. The Bertz CT molecular complexity index is 2010. The number of carbonyl (C=O) groups excluding carboxylic acids is 1. The zero-order valence-corrected chi connectivity index (χ0v) is 80.8. The second kappa shape index (κ2) is 56.6. The standard InChI is InChI=1S/C14H23BN2O3.C8H11BrN2O.2C6H14O2.C6H12O.C5H10O2.C4H4BrN.CH3ClO2S.CH2O3.B2.2K.4U.H/c1-13(2)14(3,4)20-15(19-13)11-9-16-17(10-11)12-5-7-18-8-6-12;9-7-5-10-11(6-7)8-1-3-12-4-2-8;2*1-5(2,7)6(3,4)8;1-6-2-4-7-5-3-6;6-5-1-3-7-4-2-5;5-4-1-2-6-3-4;1-5(2,3)4;2-1-4-3;1-2;;;;;;;/h9-10,12H,5-8H2,1-4H3;5-6,8H,1-4H2;2*7-8H,1-4H3;6H,2-5H2,1H3;5-6H,1-4H2;1,3H,2H2;1H3;1,3H;;;;;;;;/q;;;;;;;;;;2*+1;;;;;-1/p-1. The van der Waals surface area contributed by atoms with Crippen LogP contribution in [0.3, 0.4) is 0 Å². The summed E-state index contributed by atoms with van der Waals surface area (Å²) in [5.74, 6) is 0.911. The van der Waals surface area contributed by atoms with Crippen LogP contribution in [-0.4, -0.2) is 194 Å². The molecule has 5 saturated heterocycles. The molecule has 21 nitrogen and oxygen atoms in total. The van der Waals surface area contributed by atoms with E-state index in [0.717, 1.165) is 125 Å². The Kier molecular flexibility index (Phi) is 71.0. The first-order chi connectivity index (χ1) is 36.3. The fraction of sp³-hybridized carbons (Fsp3) is 0.804. The van der Waals surface area contributed by atoms with Crippen molar-refractivity contribution in [2.45, 2.75) is 193 Å². The van der Waals surface area contributed by atoms with E-state index in [1.165, 1.54) is 12.8 Å². The van der Waals surface area contributed by atoms with E-state index in [9.17, 15) is 8.42 Å². The van der Waals surface area contributed by atoms with Crippen molar-refractivity contribution in [1.82, 2.24) is 19.6 Å². The van der Waals surface area contributed by atoms with Crippen LogP contribution in [0.1, 0.15) is 155 Å². The molecule has 0 atom stereocenters. The molecule has 0 amide bonds. The van der Waals surface area contributed by atoms with Crippen LogP contribution in [0.15, 0.2) is 44.8 Å². The third kappa shape index (κ3) is 54.3. The number of carbonyl (C=O) groups is 1. The van der Waals surface area contributed by atoms with Gasteiger partial charge in [-0.1, -0.05) is 6.92 Å². The van der Waals surface area contributed by atoms with E-state index in [1.54, 1.807) is 61.6 Å². The van der Waals surface area contributed by atoms with Gasteiger partial charge in [0.2, 0.25) is 9.05 Å². The second-order valence-electron chi connectivity index (χ2n) is 22.0. The monoisotopic (exact) mass is 2320 g/mol. The smallest absolute Gasteiger partial charge is 1.00 e. The minimum absolute atomic E-state index is 0. The number of halogens is 3. The summed E-state index contributed by atoms with van der Waals surface area (Å²) in [6.45, 7) is 30.6. The first kappa shape index (κ1) is 107. The topological polar surface area (TPSA) is 288 Å². The van der Waals surface area contributed by atoms with Crippen LogP contribution in [0.5, 0.6) is 0 Å². The Morgan fingerprint density at radius 2 is 1.00 bits per heavy atom. The van der Waals surface area contributed by atoms with E-state index < -0.39 is 31.5 Å². The van der Waals surface area contributed by atoms with Gasteiger partial charge in [-0.05, 0) is 178 Å². The molecule has 0 spiro atoms. The number of allylic oxidation sites excluding steroid dienone is 1. The van der Waals surface area contributed by atoms with E-state index in [4.69, 9.17) is 63.8 Å². The predicted molar refractivity (Wildman–Crippen MR) is 317 cm³/mol. The van der Waals surface area contributed by atoms with E-state index in [-0.39, 0.29) is 260 Å². The Balaban J connectivity index is -0.000000114. The van der Waals surface area contributed by atoms with Crippen LogP contribution < -0.4 is 113 Å². The SMILES string of the molecule is BrC1=CCN=C1.Brc1cnn(C2CCOCC2)c1.CC(C)(O)C(C)(C)O.CC(C)(O)C(C)(C)O.CC1(C)OB(c2cnn(C3CCOCC3)c2)OC1(C)C.CC1CCOCC1.CS(=O)(=O)Cl.O=CO[O-].OC1CCOCC1.[B][B].[H-].[K+].[K+].[U].[U].[U].[U]. The fourth-order valence-corrected chi connectivity index (χ4v) is 6.49. The average molecular weight is 2320 g/mol. The summed E-state index contributed by atoms with van der Waals surface area (Å²) >= 11 is 6.63. The van der Waals surface area contributed by atoms with Gasteiger partial charge in [-0.2, -0.15) is 10.2 Å². The van der Waals surface area contributed by atoms with Crippen LogP contribution in [0.2, 0.25) is 0 Å². The largest absolute Gasteiger partial charge is 1.00 e. The van der Waals surface area contributed by atoms with Gasteiger partial charge in [0.15, 0.2) is 0 Å². The number of rotatable bonds is 6. The molecule has 0 saturated carbocycles. The molecule has 0 unspecified atom stereocenters. The van der Waals surface area contributed by atoms with Crippen molar-refractivity contribution >= 4 is 92.3 Å². The normalized spacial score (nSPS) is 18.1. The summed E-state index contributed by atoms with van der Waals surface area (Å²) in [4.78, 5) is 15.1. The Hall–Kier alpha value is 5.70. The molecule has 2 aromatic rings. The molecule has 4 radical (unpaired) electrons. The molecule has 5 fully saturated rings. The van der Waals surface area contributed by atoms with Crippen LogP contribution in [-0.2, 0) is 47.0 Å². The Morgan fingerprint density at radius 1 is 0.694 bits per heavy atom. The number of aromatic nitrogens is 4. The first-order valence-corrected chi connectivity index (χ1v) is 30.4. The molecule has 0 aliphatic carbocycles. The van der Waals surface area contributed by atoms with Crippen molar-refractivity contribution in [3.63, 3.8) is 0 Å². The average Bonchev–Trinajstić information content (AvgIpc) is 4.19. The Morgan fingerprint density at radius 3 is 1.21 bits per heavy atom.